The van der Waals surface area contributed by atoms with Gasteiger partial charge in [-0.15, -0.1) is 12.4 Å². The number of alkyl halides is 3. The highest BCUT2D eigenvalue weighted by atomic mass is 35.5. The molecule has 4 rings (SSSR count). The van der Waals surface area contributed by atoms with Crippen LogP contribution in [0, 0.1) is 6.92 Å². The molecule has 0 bridgehead atoms. The zero-order valence-corrected chi connectivity index (χ0v) is 17.4. The zero-order valence-electron chi connectivity index (χ0n) is 16.6. The lowest BCUT2D eigenvalue weighted by Crippen LogP contribution is -2.04. The monoisotopic (exact) mass is 444 g/mol. The van der Waals surface area contributed by atoms with Crippen LogP contribution in [0.15, 0.2) is 79.0 Å². The largest absolute Gasteiger partial charge is 0.489 e. The minimum Gasteiger partial charge on any atom is -0.489 e. The van der Waals surface area contributed by atoms with Gasteiger partial charge in [0.25, 0.3) is 0 Å². The number of benzene rings is 3. The van der Waals surface area contributed by atoms with Crippen LogP contribution in [0.3, 0.4) is 0 Å². The molecule has 0 saturated carbocycles. The fourth-order valence-electron chi connectivity index (χ4n) is 3.15. The zero-order chi connectivity index (χ0) is 21.1. The molecular weight excluding hydrogens is 425 g/mol. The Morgan fingerprint density at radius 3 is 2.23 bits per heavy atom. The third-order valence-corrected chi connectivity index (χ3v) is 4.78. The number of nitrogens with zero attached hydrogens (tertiary/aromatic N) is 1. The van der Waals surface area contributed by atoms with Gasteiger partial charge >= 0.3 is 6.18 Å². The number of H-pyrrole nitrogens is 1. The first-order valence-corrected chi connectivity index (χ1v) is 9.40. The molecule has 1 heterocycles. The summed E-state index contributed by atoms with van der Waals surface area (Å²) in [6.45, 7) is 2.46. The van der Waals surface area contributed by atoms with Crippen LogP contribution in [0.2, 0.25) is 0 Å². The predicted molar refractivity (Wildman–Crippen MR) is 117 cm³/mol. The number of imidazole rings is 1. The third-order valence-electron chi connectivity index (χ3n) is 4.78. The van der Waals surface area contributed by atoms with Crippen LogP contribution in [0.5, 0.6) is 5.75 Å². The maximum Gasteiger partial charge on any atom is 0.416 e. The van der Waals surface area contributed by atoms with E-state index in [0.29, 0.717) is 18.0 Å². The minimum atomic E-state index is -4.35. The van der Waals surface area contributed by atoms with Gasteiger partial charge in [-0.1, -0.05) is 42.5 Å². The van der Waals surface area contributed by atoms with E-state index in [1.807, 2.05) is 55.5 Å². The van der Waals surface area contributed by atoms with E-state index < -0.39 is 11.7 Å². The Balaban J connectivity index is 0.00000272. The van der Waals surface area contributed by atoms with Crippen molar-refractivity contribution in [2.75, 3.05) is 0 Å². The van der Waals surface area contributed by atoms with Crippen molar-refractivity contribution < 1.29 is 17.9 Å². The summed E-state index contributed by atoms with van der Waals surface area (Å²) in [6, 6.07) is 20.7. The molecule has 0 unspecified atom stereocenters. The van der Waals surface area contributed by atoms with E-state index in [1.165, 1.54) is 12.1 Å². The molecule has 0 aliphatic rings. The van der Waals surface area contributed by atoms with Crippen LogP contribution < -0.4 is 4.74 Å². The first kappa shape index (κ1) is 22.4. The van der Waals surface area contributed by atoms with Crippen molar-refractivity contribution >= 4 is 12.4 Å². The molecule has 0 aliphatic heterocycles. The van der Waals surface area contributed by atoms with Crippen LogP contribution >= 0.6 is 12.4 Å². The van der Waals surface area contributed by atoms with E-state index in [4.69, 9.17) is 4.74 Å². The second-order valence-corrected chi connectivity index (χ2v) is 6.98. The smallest absolute Gasteiger partial charge is 0.416 e. The van der Waals surface area contributed by atoms with Gasteiger partial charge in [0.2, 0.25) is 0 Å². The van der Waals surface area contributed by atoms with Crippen molar-refractivity contribution in [1.29, 1.82) is 0 Å². The summed E-state index contributed by atoms with van der Waals surface area (Å²) in [4.78, 5) is 7.49. The fraction of sp³-hybridized carbons (Fsp3) is 0.125. The number of aryl methyl sites for hydroxylation is 1. The topological polar surface area (TPSA) is 37.9 Å². The Bertz CT molecular complexity index is 1140. The Labute approximate surface area is 184 Å². The van der Waals surface area contributed by atoms with Crippen molar-refractivity contribution in [2.24, 2.45) is 0 Å². The maximum absolute atomic E-state index is 12.7. The number of aromatic nitrogens is 2. The van der Waals surface area contributed by atoms with Crippen molar-refractivity contribution in [3.8, 4) is 28.4 Å². The summed E-state index contributed by atoms with van der Waals surface area (Å²) in [5.74, 6) is 1.31. The van der Waals surface area contributed by atoms with Crippen molar-refractivity contribution in [3.05, 3.63) is 95.7 Å². The van der Waals surface area contributed by atoms with Crippen molar-refractivity contribution in [2.45, 2.75) is 19.7 Å². The Hall–Kier alpha value is -3.25. The van der Waals surface area contributed by atoms with Crippen LogP contribution in [-0.2, 0) is 12.8 Å². The van der Waals surface area contributed by atoms with Gasteiger partial charge in [0.1, 0.15) is 18.2 Å². The molecule has 0 spiro atoms. The van der Waals surface area contributed by atoms with Crippen molar-refractivity contribution in [3.63, 3.8) is 0 Å². The average molecular weight is 445 g/mol. The van der Waals surface area contributed by atoms with Gasteiger partial charge in [0, 0.05) is 11.1 Å². The molecule has 3 nitrogen and oxygen atoms in total. The van der Waals surface area contributed by atoms with E-state index in [1.54, 1.807) is 6.20 Å². The molecule has 31 heavy (non-hydrogen) atoms. The average Bonchev–Trinajstić information content (AvgIpc) is 3.23. The lowest BCUT2D eigenvalue weighted by molar-refractivity contribution is -0.137. The number of aromatic amines is 1. The van der Waals surface area contributed by atoms with Gasteiger partial charge in [-0.25, -0.2) is 4.98 Å². The third kappa shape index (κ3) is 5.27. The van der Waals surface area contributed by atoms with Crippen LogP contribution in [0.25, 0.3) is 22.6 Å². The highest BCUT2D eigenvalue weighted by molar-refractivity contribution is 5.85. The molecular formula is C24H20ClF3N2O. The van der Waals surface area contributed by atoms with Gasteiger partial charge in [-0.3, -0.25) is 0 Å². The van der Waals surface area contributed by atoms with E-state index in [9.17, 15) is 13.2 Å². The Morgan fingerprint density at radius 1 is 0.903 bits per heavy atom. The van der Waals surface area contributed by atoms with Gasteiger partial charge in [0.15, 0.2) is 0 Å². The van der Waals surface area contributed by atoms with Gasteiger partial charge in [0.05, 0.1) is 17.5 Å². The summed E-state index contributed by atoms with van der Waals surface area (Å²) >= 11 is 0. The highest BCUT2D eigenvalue weighted by Crippen LogP contribution is 2.31. The molecule has 0 atom stereocenters. The van der Waals surface area contributed by atoms with Gasteiger partial charge in [-0.05, 0) is 48.4 Å². The molecule has 7 heteroatoms. The maximum atomic E-state index is 12.7. The van der Waals surface area contributed by atoms with Crippen LogP contribution in [0.4, 0.5) is 13.2 Å². The summed E-state index contributed by atoms with van der Waals surface area (Å²) in [7, 11) is 0. The second kappa shape index (κ2) is 9.27. The fourth-order valence-corrected chi connectivity index (χ4v) is 3.15. The lowest BCUT2D eigenvalue weighted by atomic mass is 10.1. The number of hydrogen-bond donors (Lipinski definition) is 1. The second-order valence-electron chi connectivity index (χ2n) is 6.98. The van der Waals surface area contributed by atoms with E-state index in [0.717, 1.165) is 40.3 Å². The molecule has 4 aromatic rings. The SMILES string of the molecule is Cc1cc(-c2cnc(-c3ccc(C(F)(F)F)cc3)[nH]2)ccc1OCc1ccccc1.Cl. The standard InChI is InChI=1S/C24H19F3N2O.ClH/c1-16-13-19(9-12-22(16)30-15-17-5-3-2-4-6-17)21-14-28-23(29-21)18-7-10-20(11-8-18)24(25,26)27;/h2-14H,15H2,1H3,(H,28,29);1H. The number of hydrogen-bond acceptors (Lipinski definition) is 2. The molecule has 3 aromatic carbocycles. The normalized spacial score (nSPS) is 11.1. The molecule has 0 radical (unpaired) electrons. The lowest BCUT2D eigenvalue weighted by Gasteiger charge is -2.10. The van der Waals surface area contributed by atoms with E-state index in [-0.39, 0.29) is 12.4 Å². The number of ether oxygens (including phenoxy) is 1. The number of rotatable bonds is 5. The van der Waals surface area contributed by atoms with Gasteiger partial charge in [-0.2, -0.15) is 13.2 Å². The van der Waals surface area contributed by atoms with E-state index >= 15 is 0 Å². The molecule has 0 aliphatic carbocycles. The molecule has 1 N–H and O–H groups in total. The summed E-state index contributed by atoms with van der Waals surface area (Å²) in [5.41, 5.74) is 3.69. The van der Waals surface area contributed by atoms with Crippen LogP contribution in [0.1, 0.15) is 16.7 Å². The molecule has 0 saturated heterocycles. The summed E-state index contributed by atoms with van der Waals surface area (Å²) < 4.78 is 44.1. The molecule has 1 aromatic heterocycles. The molecule has 160 valence electrons. The number of nitrogens with one attached hydrogen (secondary N) is 1. The Kier molecular flexibility index (Phi) is 6.71. The van der Waals surface area contributed by atoms with Crippen LogP contribution in [-0.4, -0.2) is 9.97 Å². The summed E-state index contributed by atoms with van der Waals surface area (Å²) in [6.07, 6.45) is -2.68. The molecule has 0 fully saturated rings. The first-order chi connectivity index (χ1) is 14.4. The Morgan fingerprint density at radius 2 is 1.58 bits per heavy atom. The first-order valence-electron chi connectivity index (χ1n) is 9.40. The van der Waals surface area contributed by atoms with E-state index in [2.05, 4.69) is 9.97 Å². The predicted octanol–water partition coefficient (Wildman–Crippen LogP) is 7.07. The number of halogens is 4. The molecule has 0 amide bonds. The quantitative estimate of drug-likeness (QED) is 0.357. The minimum absolute atomic E-state index is 0. The highest BCUT2D eigenvalue weighted by Gasteiger charge is 2.30. The van der Waals surface area contributed by atoms with Gasteiger partial charge < -0.3 is 9.72 Å². The summed E-state index contributed by atoms with van der Waals surface area (Å²) in [5, 5.41) is 0. The van der Waals surface area contributed by atoms with Crippen molar-refractivity contribution in [1.82, 2.24) is 9.97 Å².